The van der Waals surface area contributed by atoms with Crippen LogP contribution in [0.5, 0.6) is 5.88 Å². The van der Waals surface area contributed by atoms with E-state index in [1.54, 1.807) is 10.7 Å². The summed E-state index contributed by atoms with van der Waals surface area (Å²) in [6.07, 6.45) is 1.59. The fourth-order valence-electron chi connectivity index (χ4n) is 2.04. The second-order valence-electron chi connectivity index (χ2n) is 4.28. The van der Waals surface area contributed by atoms with Gasteiger partial charge in [0.05, 0.1) is 12.6 Å². The van der Waals surface area contributed by atoms with Crippen LogP contribution >= 0.6 is 11.8 Å². The van der Waals surface area contributed by atoms with Crippen molar-refractivity contribution in [2.75, 3.05) is 12.4 Å². The molecule has 0 unspecified atom stereocenters. The molecule has 0 radical (unpaired) electrons. The first-order chi connectivity index (χ1) is 8.74. The number of aromatic nitrogens is 2. The van der Waals surface area contributed by atoms with Crippen molar-refractivity contribution in [2.24, 2.45) is 0 Å². The molecule has 96 valence electrons. The summed E-state index contributed by atoms with van der Waals surface area (Å²) in [7, 11) is 0. The van der Waals surface area contributed by atoms with E-state index in [1.807, 2.05) is 0 Å². The molecule has 1 atom stereocenters. The molecule has 2 aliphatic heterocycles. The van der Waals surface area contributed by atoms with Gasteiger partial charge in [0.15, 0.2) is 5.69 Å². The average molecular weight is 267 g/mol. The van der Waals surface area contributed by atoms with Crippen molar-refractivity contribution in [3.63, 3.8) is 0 Å². The molecule has 3 rings (SSSR count). The van der Waals surface area contributed by atoms with E-state index in [1.165, 1.54) is 11.8 Å². The Hall–Kier alpha value is -1.50. The maximum absolute atomic E-state index is 12.0. The fraction of sp³-hybridized carbons (Fsp3) is 0.545. The molecule has 2 aliphatic rings. The number of carbonyl (C=O) groups is 2. The molecule has 1 aromatic heterocycles. The Morgan fingerprint density at radius 3 is 3.22 bits per heavy atom. The van der Waals surface area contributed by atoms with Crippen LogP contribution < -0.4 is 10.1 Å². The van der Waals surface area contributed by atoms with Gasteiger partial charge in [-0.05, 0) is 6.42 Å². The van der Waals surface area contributed by atoms with Gasteiger partial charge in [0.25, 0.3) is 5.91 Å². The SMILES string of the molecule is O=C(N[C@H]1CCSC1=O)c1cc2n(n1)CCCO2. The molecule has 7 heteroatoms. The molecular weight excluding hydrogens is 254 g/mol. The number of rotatable bonds is 2. The quantitative estimate of drug-likeness (QED) is 0.841. The molecule has 18 heavy (non-hydrogen) atoms. The molecule has 1 amide bonds. The highest BCUT2D eigenvalue weighted by Gasteiger charge is 2.28. The summed E-state index contributed by atoms with van der Waals surface area (Å²) in [6.45, 7) is 1.42. The Kier molecular flexibility index (Phi) is 2.99. The molecule has 0 aromatic carbocycles. The van der Waals surface area contributed by atoms with Gasteiger partial charge in [-0.25, -0.2) is 4.68 Å². The Morgan fingerprint density at radius 2 is 2.50 bits per heavy atom. The first-order valence-electron chi connectivity index (χ1n) is 5.92. The molecule has 1 aromatic rings. The van der Waals surface area contributed by atoms with Crippen molar-refractivity contribution in [1.82, 2.24) is 15.1 Å². The zero-order valence-electron chi connectivity index (χ0n) is 9.72. The standard InChI is InChI=1S/C11H13N3O3S/c15-10(12-7-2-5-18-11(7)16)8-6-9-14(13-8)3-1-4-17-9/h6-7H,1-5H2,(H,12,15)/t7-/m0/s1. The van der Waals surface area contributed by atoms with Gasteiger partial charge in [0.1, 0.15) is 0 Å². The fourth-order valence-corrected chi connectivity index (χ4v) is 2.97. The van der Waals surface area contributed by atoms with Crippen molar-refractivity contribution < 1.29 is 14.3 Å². The number of aryl methyl sites for hydroxylation is 1. The van der Waals surface area contributed by atoms with Crippen LogP contribution in [0.25, 0.3) is 0 Å². The van der Waals surface area contributed by atoms with Crippen molar-refractivity contribution in [3.8, 4) is 5.88 Å². The minimum atomic E-state index is -0.373. The summed E-state index contributed by atoms with van der Waals surface area (Å²) >= 11 is 1.27. The summed E-state index contributed by atoms with van der Waals surface area (Å²) in [6, 6.07) is 1.25. The van der Waals surface area contributed by atoms with Crippen molar-refractivity contribution in [3.05, 3.63) is 11.8 Å². The number of thioether (sulfide) groups is 1. The third-order valence-electron chi connectivity index (χ3n) is 2.98. The molecule has 1 fully saturated rings. The molecule has 0 spiro atoms. The molecule has 1 N–H and O–H groups in total. The number of ether oxygens (including phenoxy) is 1. The summed E-state index contributed by atoms with van der Waals surface area (Å²) in [5.74, 6) is 1.09. The second-order valence-corrected chi connectivity index (χ2v) is 5.37. The van der Waals surface area contributed by atoms with Gasteiger partial charge >= 0.3 is 0 Å². The van der Waals surface area contributed by atoms with Gasteiger partial charge in [-0.15, -0.1) is 0 Å². The number of hydrogen-bond donors (Lipinski definition) is 1. The molecule has 0 saturated carbocycles. The number of carbonyl (C=O) groups excluding carboxylic acids is 2. The molecule has 1 saturated heterocycles. The molecular formula is C11H13N3O3S. The van der Waals surface area contributed by atoms with Crippen LogP contribution in [0.2, 0.25) is 0 Å². The van der Waals surface area contributed by atoms with Crippen LogP contribution in [-0.2, 0) is 11.3 Å². The largest absolute Gasteiger partial charge is 0.478 e. The van der Waals surface area contributed by atoms with E-state index in [4.69, 9.17) is 4.74 Å². The lowest BCUT2D eigenvalue weighted by molar-refractivity contribution is -0.112. The van der Waals surface area contributed by atoms with E-state index in [0.717, 1.165) is 18.7 Å². The zero-order chi connectivity index (χ0) is 12.5. The topological polar surface area (TPSA) is 73.2 Å². The second kappa shape index (κ2) is 4.64. The summed E-state index contributed by atoms with van der Waals surface area (Å²) in [4.78, 5) is 23.4. The molecule has 0 aliphatic carbocycles. The van der Waals surface area contributed by atoms with Gasteiger partial charge in [-0.1, -0.05) is 11.8 Å². The highest BCUT2D eigenvalue weighted by Crippen LogP contribution is 2.21. The van der Waals surface area contributed by atoms with Crippen LogP contribution in [0.1, 0.15) is 23.3 Å². The van der Waals surface area contributed by atoms with Crippen molar-refractivity contribution >= 4 is 22.8 Å². The van der Waals surface area contributed by atoms with Gasteiger partial charge < -0.3 is 10.1 Å². The average Bonchev–Trinajstić information content (AvgIpc) is 2.96. The van der Waals surface area contributed by atoms with Gasteiger partial charge in [0.2, 0.25) is 11.0 Å². The van der Waals surface area contributed by atoms with Crippen molar-refractivity contribution in [1.29, 1.82) is 0 Å². The Labute approximate surface area is 108 Å². The van der Waals surface area contributed by atoms with Gasteiger partial charge in [-0.3, -0.25) is 9.59 Å². The predicted octanol–water partition coefficient (Wildman–Crippen LogP) is 0.427. The van der Waals surface area contributed by atoms with Crippen LogP contribution in [0.15, 0.2) is 6.07 Å². The van der Waals surface area contributed by atoms with E-state index in [9.17, 15) is 9.59 Å². The predicted molar refractivity (Wildman–Crippen MR) is 65.7 cm³/mol. The minimum absolute atomic E-state index is 0.0311. The maximum Gasteiger partial charge on any atom is 0.272 e. The molecule has 6 nitrogen and oxygen atoms in total. The highest BCUT2D eigenvalue weighted by molar-refractivity contribution is 8.14. The number of fused-ring (bicyclic) bond motifs is 1. The van der Waals surface area contributed by atoms with E-state index < -0.39 is 0 Å². The Bertz CT molecular complexity index is 476. The normalized spacial score (nSPS) is 22.4. The minimum Gasteiger partial charge on any atom is -0.478 e. The number of amides is 1. The summed E-state index contributed by atoms with van der Waals surface area (Å²) in [5.41, 5.74) is 0.316. The van der Waals surface area contributed by atoms with Crippen LogP contribution in [0, 0.1) is 0 Å². The lowest BCUT2D eigenvalue weighted by Gasteiger charge is -2.13. The summed E-state index contributed by atoms with van der Waals surface area (Å²) < 4.78 is 7.08. The van der Waals surface area contributed by atoms with E-state index >= 15 is 0 Å². The smallest absolute Gasteiger partial charge is 0.272 e. The first kappa shape index (κ1) is 11.6. The van der Waals surface area contributed by atoms with Crippen molar-refractivity contribution in [2.45, 2.75) is 25.4 Å². The first-order valence-corrected chi connectivity index (χ1v) is 6.91. The van der Waals surface area contributed by atoms with Crippen LogP contribution in [0.3, 0.4) is 0 Å². The Balaban J connectivity index is 1.72. The van der Waals surface area contributed by atoms with E-state index in [0.29, 0.717) is 24.6 Å². The van der Waals surface area contributed by atoms with E-state index in [2.05, 4.69) is 10.4 Å². The lowest BCUT2D eigenvalue weighted by Crippen LogP contribution is -2.37. The van der Waals surface area contributed by atoms with Crippen LogP contribution in [0.4, 0.5) is 0 Å². The zero-order valence-corrected chi connectivity index (χ0v) is 10.5. The molecule has 0 bridgehead atoms. The summed E-state index contributed by atoms with van der Waals surface area (Å²) in [5, 5.41) is 6.92. The lowest BCUT2D eigenvalue weighted by atomic mass is 10.2. The third kappa shape index (κ3) is 2.10. The maximum atomic E-state index is 12.0. The Morgan fingerprint density at radius 1 is 1.61 bits per heavy atom. The van der Waals surface area contributed by atoms with Gasteiger partial charge in [0, 0.05) is 24.8 Å². The monoisotopic (exact) mass is 267 g/mol. The number of hydrogen-bond acceptors (Lipinski definition) is 5. The highest BCUT2D eigenvalue weighted by atomic mass is 32.2. The van der Waals surface area contributed by atoms with Crippen LogP contribution in [-0.4, -0.2) is 39.2 Å². The molecule has 3 heterocycles. The number of nitrogens with zero attached hydrogens (tertiary/aromatic N) is 2. The van der Waals surface area contributed by atoms with E-state index in [-0.39, 0.29) is 17.1 Å². The van der Waals surface area contributed by atoms with Gasteiger partial charge in [-0.2, -0.15) is 5.10 Å². The third-order valence-corrected chi connectivity index (χ3v) is 3.99. The number of nitrogens with one attached hydrogen (secondary N) is 1.